The second-order valence-corrected chi connectivity index (χ2v) is 4.54. The Labute approximate surface area is 102 Å². The third kappa shape index (κ3) is 3.44. The van der Waals surface area contributed by atoms with Gasteiger partial charge in [-0.1, -0.05) is 6.92 Å². The topological polar surface area (TPSA) is 42.4 Å². The first-order valence-corrected chi connectivity index (χ1v) is 6.06. The maximum atomic E-state index is 11.9. The summed E-state index contributed by atoms with van der Waals surface area (Å²) in [6.45, 7) is 4.06. The molecule has 2 heterocycles. The Bertz CT molecular complexity index is 359. The zero-order valence-electron chi connectivity index (χ0n) is 10.1. The van der Waals surface area contributed by atoms with Gasteiger partial charge in [0.2, 0.25) is 0 Å². The highest BCUT2D eigenvalue weighted by atomic mass is 16.5. The van der Waals surface area contributed by atoms with Crippen molar-refractivity contribution in [3.05, 3.63) is 24.5 Å². The summed E-state index contributed by atoms with van der Waals surface area (Å²) in [5.74, 6) is 1.45. The molecule has 0 N–H and O–H groups in total. The van der Waals surface area contributed by atoms with Crippen LogP contribution in [0.1, 0.15) is 19.8 Å². The average molecular weight is 234 g/mol. The van der Waals surface area contributed by atoms with Crippen molar-refractivity contribution in [1.29, 1.82) is 0 Å². The third-order valence-electron chi connectivity index (χ3n) is 3.13. The van der Waals surface area contributed by atoms with Gasteiger partial charge in [0.05, 0.1) is 6.20 Å². The molecule has 0 bridgehead atoms. The molecule has 17 heavy (non-hydrogen) atoms. The Hall–Kier alpha value is -1.58. The lowest BCUT2D eigenvalue weighted by Gasteiger charge is -2.30. The number of nitrogens with zero attached hydrogens (tertiary/aromatic N) is 2. The zero-order valence-corrected chi connectivity index (χ0v) is 10.1. The highest BCUT2D eigenvalue weighted by Crippen LogP contribution is 2.16. The van der Waals surface area contributed by atoms with E-state index in [0.717, 1.165) is 31.8 Å². The molecule has 0 aliphatic carbocycles. The SMILES string of the molecule is CC1CCN(C(=O)COc2cccnc2)CC1. The molecule has 92 valence electrons. The lowest BCUT2D eigenvalue weighted by Crippen LogP contribution is -2.40. The van der Waals surface area contributed by atoms with Gasteiger partial charge in [-0.05, 0) is 30.9 Å². The van der Waals surface area contributed by atoms with Crippen LogP contribution in [0, 0.1) is 5.92 Å². The van der Waals surface area contributed by atoms with Gasteiger partial charge < -0.3 is 9.64 Å². The normalized spacial score (nSPS) is 16.9. The number of carbonyl (C=O) groups excluding carboxylic acids is 1. The molecular weight excluding hydrogens is 216 g/mol. The molecule has 1 amide bonds. The molecule has 0 atom stereocenters. The van der Waals surface area contributed by atoms with E-state index in [9.17, 15) is 4.79 Å². The monoisotopic (exact) mass is 234 g/mol. The second-order valence-electron chi connectivity index (χ2n) is 4.54. The first-order valence-electron chi connectivity index (χ1n) is 6.06. The molecule has 0 radical (unpaired) electrons. The van der Waals surface area contributed by atoms with Crippen molar-refractivity contribution in [3.8, 4) is 5.75 Å². The average Bonchev–Trinajstić information content (AvgIpc) is 2.38. The van der Waals surface area contributed by atoms with Gasteiger partial charge in [0.25, 0.3) is 5.91 Å². The van der Waals surface area contributed by atoms with Gasteiger partial charge in [-0.3, -0.25) is 9.78 Å². The van der Waals surface area contributed by atoms with Gasteiger partial charge in [0, 0.05) is 19.3 Å². The summed E-state index contributed by atoms with van der Waals surface area (Å²) < 4.78 is 5.39. The van der Waals surface area contributed by atoms with E-state index < -0.39 is 0 Å². The number of rotatable bonds is 3. The third-order valence-corrected chi connectivity index (χ3v) is 3.13. The highest BCUT2D eigenvalue weighted by Gasteiger charge is 2.20. The maximum absolute atomic E-state index is 11.9. The predicted molar refractivity (Wildman–Crippen MR) is 64.7 cm³/mol. The molecule has 1 saturated heterocycles. The molecule has 1 aliphatic rings. The minimum absolute atomic E-state index is 0.0701. The molecule has 1 aliphatic heterocycles. The molecule has 1 fully saturated rings. The van der Waals surface area contributed by atoms with Crippen LogP contribution in [0.25, 0.3) is 0 Å². The fourth-order valence-electron chi connectivity index (χ4n) is 1.93. The lowest BCUT2D eigenvalue weighted by molar-refractivity contribution is -0.134. The summed E-state index contributed by atoms with van der Waals surface area (Å²) in [7, 11) is 0. The molecule has 0 saturated carbocycles. The Morgan fingerprint density at radius 1 is 1.53 bits per heavy atom. The molecule has 2 rings (SSSR count). The zero-order chi connectivity index (χ0) is 12.1. The number of amides is 1. The Morgan fingerprint density at radius 3 is 2.94 bits per heavy atom. The Kier molecular flexibility index (Phi) is 3.96. The van der Waals surface area contributed by atoms with E-state index in [1.165, 1.54) is 0 Å². The first-order chi connectivity index (χ1) is 8.25. The van der Waals surface area contributed by atoms with E-state index in [2.05, 4.69) is 11.9 Å². The molecule has 1 aromatic heterocycles. The Balaban J connectivity index is 1.78. The lowest BCUT2D eigenvalue weighted by atomic mass is 9.99. The van der Waals surface area contributed by atoms with Crippen LogP contribution in [-0.2, 0) is 4.79 Å². The molecule has 4 nitrogen and oxygen atoms in total. The quantitative estimate of drug-likeness (QED) is 0.799. The van der Waals surface area contributed by atoms with Gasteiger partial charge in [-0.2, -0.15) is 0 Å². The number of piperidine rings is 1. The number of ether oxygens (including phenoxy) is 1. The smallest absolute Gasteiger partial charge is 0.260 e. The summed E-state index contributed by atoms with van der Waals surface area (Å²) in [5.41, 5.74) is 0. The van der Waals surface area contributed by atoms with E-state index in [1.807, 2.05) is 4.90 Å². The van der Waals surface area contributed by atoms with E-state index in [1.54, 1.807) is 24.5 Å². The number of pyridine rings is 1. The van der Waals surface area contributed by atoms with Gasteiger partial charge in [0.15, 0.2) is 6.61 Å². The summed E-state index contributed by atoms with van der Waals surface area (Å²) in [6.07, 6.45) is 5.49. The van der Waals surface area contributed by atoms with Crippen LogP contribution < -0.4 is 4.74 Å². The van der Waals surface area contributed by atoms with Crippen LogP contribution in [0.4, 0.5) is 0 Å². The van der Waals surface area contributed by atoms with Crippen molar-refractivity contribution in [2.75, 3.05) is 19.7 Å². The van der Waals surface area contributed by atoms with Gasteiger partial charge >= 0.3 is 0 Å². The summed E-state index contributed by atoms with van der Waals surface area (Å²) >= 11 is 0. The Morgan fingerprint density at radius 2 is 2.29 bits per heavy atom. The van der Waals surface area contributed by atoms with Crippen LogP contribution in [-0.4, -0.2) is 35.5 Å². The van der Waals surface area contributed by atoms with Crippen LogP contribution >= 0.6 is 0 Å². The summed E-state index contributed by atoms with van der Waals surface area (Å²) in [6, 6.07) is 3.60. The van der Waals surface area contributed by atoms with Crippen LogP contribution in [0.3, 0.4) is 0 Å². The fourth-order valence-corrected chi connectivity index (χ4v) is 1.93. The minimum atomic E-state index is 0.0701. The van der Waals surface area contributed by atoms with Gasteiger partial charge in [-0.15, -0.1) is 0 Å². The van der Waals surface area contributed by atoms with E-state index in [4.69, 9.17) is 4.74 Å². The van der Waals surface area contributed by atoms with Crippen molar-refractivity contribution in [2.24, 2.45) is 5.92 Å². The van der Waals surface area contributed by atoms with E-state index in [0.29, 0.717) is 5.75 Å². The molecular formula is C13H18N2O2. The number of likely N-dealkylation sites (tertiary alicyclic amines) is 1. The van der Waals surface area contributed by atoms with Crippen molar-refractivity contribution < 1.29 is 9.53 Å². The van der Waals surface area contributed by atoms with Crippen molar-refractivity contribution in [2.45, 2.75) is 19.8 Å². The molecule has 0 aromatic carbocycles. The summed E-state index contributed by atoms with van der Waals surface area (Å²) in [4.78, 5) is 17.7. The number of hydrogen-bond donors (Lipinski definition) is 0. The first kappa shape index (κ1) is 11.9. The van der Waals surface area contributed by atoms with Crippen LogP contribution in [0.15, 0.2) is 24.5 Å². The highest BCUT2D eigenvalue weighted by molar-refractivity contribution is 5.77. The minimum Gasteiger partial charge on any atom is -0.482 e. The maximum Gasteiger partial charge on any atom is 0.260 e. The van der Waals surface area contributed by atoms with Crippen LogP contribution in [0.2, 0.25) is 0 Å². The molecule has 1 aromatic rings. The fraction of sp³-hybridized carbons (Fsp3) is 0.538. The standard InChI is InChI=1S/C13H18N2O2/c1-11-4-7-15(8-5-11)13(16)10-17-12-3-2-6-14-9-12/h2-3,6,9,11H,4-5,7-8,10H2,1H3. The van der Waals surface area contributed by atoms with Crippen molar-refractivity contribution in [1.82, 2.24) is 9.88 Å². The van der Waals surface area contributed by atoms with E-state index in [-0.39, 0.29) is 12.5 Å². The summed E-state index contributed by atoms with van der Waals surface area (Å²) in [5, 5.41) is 0. The number of hydrogen-bond acceptors (Lipinski definition) is 3. The predicted octanol–water partition coefficient (Wildman–Crippen LogP) is 1.72. The van der Waals surface area contributed by atoms with Crippen molar-refractivity contribution in [3.63, 3.8) is 0 Å². The number of aromatic nitrogens is 1. The van der Waals surface area contributed by atoms with E-state index >= 15 is 0 Å². The van der Waals surface area contributed by atoms with Crippen molar-refractivity contribution >= 4 is 5.91 Å². The van der Waals surface area contributed by atoms with Crippen LogP contribution in [0.5, 0.6) is 5.75 Å². The number of carbonyl (C=O) groups is 1. The van der Waals surface area contributed by atoms with Gasteiger partial charge in [0.1, 0.15) is 5.75 Å². The largest absolute Gasteiger partial charge is 0.482 e. The van der Waals surface area contributed by atoms with Gasteiger partial charge in [-0.25, -0.2) is 0 Å². The molecule has 4 heteroatoms. The second kappa shape index (κ2) is 5.66. The molecule has 0 spiro atoms. The molecule has 0 unspecified atom stereocenters.